The maximum Gasteiger partial charge on any atom is 0.276 e. The molecular formula is C23H25ClN6O4. The van der Waals surface area contributed by atoms with E-state index in [9.17, 15) is 14.4 Å². The summed E-state index contributed by atoms with van der Waals surface area (Å²) in [6, 6.07) is 11.4. The molecule has 0 atom stereocenters. The van der Waals surface area contributed by atoms with Gasteiger partial charge in [0, 0.05) is 24.8 Å². The number of hydrogen-bond donors (Lipinski definition) is 4. The molecule has 0 unspecified atom stereocenters. The highest BCUT2D eigenvalue weighted by Crippen LogP contribution is 2.29. The number of halogens is 1. The van der Waals surface area contributed by atoms with Crippen molar-refractivity contribution in [3.63, 3.8) is 0 Å². The molecule has 0 radical (unpaired) electrons. The fraction of sp³-hybridized carbons (Fsp3) is 0.217. The number of ether oxygens (including phenoxy) is 1. The van der Waals surface area contributed by atoms with Gasteiger partial charge in [-0.05, 0) is 38.4 Å². The van der Waals surface area contributed by atoms with E-state index in [1.54, 1.807) is 42.5 Å². The molecule has 11 heteroatoms. The maximum atomic E-state index is 12.8. The molecule has 0 aliphatic carbocycles. The summed E-state index contributed by atoms with van der Waals surface area (Å²) in [5.74, 6) is -1.09. The Bertz CT molecular complexity index is 1190. The van der Waals surface area contributed by atoms with E-state index in [2.05, 4.69) is 25.9 Å². The molecule has 0 saturated carbocycles. The summed E-state index contributed by atoms with van der Waals surface area (Å²) in [4.78, 5) is 46.3. The van der Waals surface area contributed by atoms with Crippen molar-refractivity contribution >= 4 is 40.7 Å². The number of nitrogens with one attached hydrogen (secondary N) is 4. The number of carbonyl (C=O) groups is 3. The summed E-state index contributed by atoms with van der Waals surface area (Å²) < 4.78 is 5.36. The van der Waals surface area contributed by atoms with Crippen LogP contribution in [0.25, 0.3) is 0 Å². The summed E-state index contributed by atoms with van der Waals surface area (Å²) in [5.41, 5.74) is 1.12. The van der Waals surface area contributed by atoms with Crippen LogP contribution in [0.15, 0.2) is 48.8 Å². The lowest BCUT2D eigenvalue weighted by Gasteiger charge is -2.13. The summed E-state index contributed by atoms with van der Waals surface area (Å²) in [6.07, 6.45) is 1.28. The molecule has 1 heterocycles. The van der Waals surface area contributed by atoms with Crippen molar-refractivity contribution in [1.82, 2.24) is 20.2 Å². The summed E-state index contributed by atoms with van der Waals surface area (Å²) in [5, 5.41) is 8.49. The molecule has 0 spiro atoms. The van der Waals surface area contributed by atoms with Crippen LogP contribution in [0.1, 0.15) is 31.3 Å². The van der Waals surface area contributed by atoms with Gasteiger partial charge >= 0.3 is 0 Å². The summed E-state index contributed by atoms with van der Waals surface area (Å²) in [6.45, 7) is 1.07. The molecule has 4 N–H and O–H groups in total. The first-order valence-corrected chi connectivity index (χ1v) is 10.7. The molecule has 178 valence electrons. The zero-order chi connectivity index (χ0) is 24.7. The minimum Gasteiger partial charge on any atom is -0.494 e. The minimum absolute atomic E-state index is 0.0441. The Morgan fingerprint density at radius 1 is 1.06 bits per heavy atom. The van der Waals surface area contributed by atoms with Gasteiger partial charge in [0.2, 0.25) is 0 Å². The van der Waals surface area contributed by atoms with Crippen molar-refractivity contribution in [1.29, 1.82) is 0 Å². The van der Waals surface area contributed by atoms with Crippen LogP contribution in [0.3, 0.4) is 0 Å². The fourth-order valence-electron chi connectivity index (χ4n) is 3.02. The highest BCUT2D eigenvalue weighted by atomic mass is 35.5. The number of hydrogen-bond acceptors (Lipinski definition) is 6. The normalized spacial score (nSPS) is 10.6. The molecule has 10 nitrogen and oxygen atoms in total. The molecule has 3 aromatic rings. The number of aromatic amines is 1. The third kappa shape index (κ3) is 6.12. The van der Waals surface area contributed by atoms with Crippen molar-refractivity contribution in [3.8, 4) is 5.75 Å². The molecule has 34 heavy (non-hydrogen) atoms. The largest absolute Gasteiger partial charge is 0.494 e. The van der Waals surface area contributed by atoms with E-state index in [1.807, 2.05) is 19.0 Å². The third-order valence-electron chi connectivity index (χ3n) is 4.75. The van der Waals surface area contributed by atoms with Crippen molar-refractivity contribution < 1.29 is 19.1 Å². The van der Waals surface area contributed by atoms with Crippen LogP contribution in [0, 0.1) is 0 Å². The first-order valence-electron chi connectivity index (χ1n) is 10.3. The standard InChI is InChI=1S/C23H25ClN6O4/c1-30(2)11-10-25-22(32)19-20(27-13-26-19)23(33)28-14-8-9-17(18(12-14)34-3)29-21(31)15-6-4-5-7-16(15)24/h4-9,12-13H,10-11H2,1-3H3,(H,25,32)(H,26,27)(H,28,33)(H,29,31). The molecule has 0 fully saturated rings. The molecule has 0 saturated heterocycles. The van der Waals surface area contributed by atoms with Gasteiger partial charge in [0.05, 0.1) is 29.7 Å². The molecule has 3 rings (SSSR count). The minimum atomic E-state index is -0.575. The van der Waals surface area contributed by atoms with Crippen LogP contribution < -0.4 is 20.7 Å². The topological polar surface area (TPSA) is 128 Å². The van der Waals surface area contributed by atoms with Gasteiger partial charge in [0.1, 0.15) is 11.4 Å². The number of rotatable bonds is 9. The Balaban J connectivity index is 1.71. The Morgan fingerprint density at radius 2 is 1.82 bits per heavy atom. The summed E-state index contributed by atoms with van der Waals surface area (Å²) in [7, 11) is 5.22. The molecule has 2 aromatic carbocycles. The highest BCUT2D eigenvalue weighted by molar-refractivity contribution is 6.34. The van der Waals surface area contributed by atoms with E-state index in [4.69, 9.17) is 16.3 Å². The number of likely N-dealkylation sites (N-methyl/N-ethyl adjacent to an activating group) is 1. The number of carbonyl (C=O) groups excluding carboxylic acids is 3. The number of imidazole rings is 1. The number of H-pyrrole nitrogens is 1. The number of methoxy groups -OCH3 is 1. The molecule has 1 aromatic heterocycles. The molecular weight excluding hydrogens is 460 g/mol. The lowest BCUT2D eigenvalue weighted by Crippen LogP contribution is -2.32. The number of benzene rings is 2. The lowest BCUT2D eigenvalue weighted by molar-refractivity contribution is 0.0933. The molecule has 0 aliphatic rings. The second-order valence-electron chi connectivity index (χ2n) is 7.49. The van der Waals surface area contributed by atoms with E-state index in [1.165, 1.54) is 13.4 Å². The Labute approximate surface area is 201 Å². The van der Waals surface area contributed by atoms with Gasteiger partial charge in [-0.2, -0.15) is 0 Å². The smallest absolute Gasteiger partial charge is 0.276 e. The fourth-order valence-corrected chi connectivity index (χ4v) is 3.24. The molecule has 0 bridgehead atoms. The van der Waals surface area contributed by atoms with Crippen LogP contribution in [0.2, 0.25) is 5.02 Å². The number of amides is 3. The predicted octanol–water partition coefficient (Wildman–Crippen LogP) is 2.87. The maximum absolute atomic E-state index is 12.8. The lowest BCUT2D eigenvalue weighted by atomic mass is 10.2. The second-order valence-corrected chi connectivity index (χ2v) is 7.90. The van der Waals surface area contributed by atoms with Gasteiger partial charge < -0.3 is 30.6 Å². The quantitative estimate of drug-likeness (QED) is 0.369. The first kappa shape index (κ1) is 24.7. The van der Waals surface area contributed by atoms with E-state index in [-0.39, 0.29) is 11.4 Å². The SMILES string of the molecule is COc1cc(NC(=O)c2nc[nH]c2C(=O)NCCN(C)C)ccc1NC(=O)c1ccccc1Cl. The van der Waals surface area contributed by atoms with Gasteiger partial charge in [0.25, 0.3) is 17.7 Å². The van der Waals surface area contributed by atoms with Gasteiger partial charge in [-0.15, -0.1) is 0 Å². The van der Waals surface area contributed by atoms with E-state index in [0.717, 1.165) is 0 Å². The van der Waals surface area contributed by atoms with E-state index < -0.39 is 17.7 Å². The summed E-state index contributed by atoms with van der Waals surface area (Å²) >= 11 is 6.09. The van der Waals surface area contributed by atoms with E-state index >= 15 is 0 Å². The number of nitrogens with zero attached hydrogens (tertiary/aromatic N) is 2. The first-order chi connectivity index (χ1) is 16.3. The zero-order valence-electron chi connectivity index (χ0n) is 18.9. The van der Waals surface area contributed by atoms with Gasteiger partial charge in [-0.1, -0.05) is 23.7 Å². The van der Waals surface area contributed by atoms with Crippen LogP contribution in [0.5, 0.6) is 5.75 Å². The monoisotopic (exact) mass is 484 g/mol. The zero-order valence-corrected chi connectivity index (χ0v) is 19.7. The average molecular weight is 485 g/mol. The van der Waals surface area contributed by atoms with Crippen molar-refractivity contribution in [2.45, 2.75) is 0 Å². The Morgan fingerprint density at radius 3 is 2.53 bits per heavy atom. The second kappa shape index (κ2) is 11.3. The van der Waals surface area contributed by atoms with Crippen LogP contribution in [0.4, 0.5) is 11.4 Å². The van der Waals surface area contributed by atoms with E-state index in [0.29, 0.717) is 40.8 Å². The van der Waals surface area contributed by atoms with Crippen molar-refractivity contribution in [2.75, 3.05) is 44.9 Å². The molecule has 0 aliphatic heterocycles. The van der Waals surface area contributed by atoms with Crippen molar-refractivity contribution in [2.24, 2.45) is 0 Å². The van der Waals surface area contributed by atoms with Crippen LogP contribution in [-0.4, -0.2) is 66.9 Å². The average Bonchev–Trinajstić information content (AvgIpc) is 3.30. The van der Waals surface area contributed by atoms with Gasteiger partial charge in [-0.25, -0.2) is 4.98 Å². The Hall–Kier alpha value is -3.89. The van der Waals surface area contributed by atoms with Crippen LogP contribution >= 0.6 is 11.6 Å². The predicted molar refractivity (Wildman–Crippen MR) is 130 cm³/mol. The van der Waals surface area contributed by atoms with Crippen LogP contribution in [-0.2, 0) is 0 Å². The number of aromatic nitrogens is 2. The van der Waals surface area contributed by atoms with Gasteiger partial charge in [0.15, 0.2) is 5.69 Å². The highest BCUT2D eigenvalue weighted by Gasteiger charge is 2.21. The number of anilines is 2. The van der Waals surface area contributed by atoms with Crippen molar-refractivity contribution in [3.05, 3.63) is 70.8 Å². The van der Waals surface area contributed by atoms with Gasteiger partial charge in [-0.3, -0.25) is 14.4 Å². The Kier molecular flexibility index (Phi) is 8.23. The molecule has 3 amide bonds. The third-order valence-corrected chi connectivity index (χ3v) is 5.08.